The Labute approximate surface area is 135 Å². The van der Waals surface area contributed by atoms with E-state index in [1.165, 1.54) is 30.5 Å². The van der Waals surface area contributed by atoms with Gasteiger partial charge in [0.1, 0.15) is 5.76 Å². The molecule has 0 aliphatic carbocycles. The Bertz CT molecular complexity index is 737. The molecule has 1 aromatic carbocycles. The maximum atomic E-state index is 12.1. The van der Waals surface area contributed by atoms with Gasteiger partial charge in [0.2, 0.25) is 10.0 Å². The second-order valence-corrected chi connectivity index (χ2v) is 6.93. The molecule has 124 valence electrons. The summed E-state index contributed by atoms with van der Waals surface area (Å²) in [6.45, 7) is 3.98. The maximum Gasteiger partial charge on any atom is 0.251 e. The second kappa shape index (κ2) is 7.43. The van der Waals surface area contributed by atoms with Crippen LogP contribution in [0.3, 0.4) is 0 Å². The zero-order valence-electron chi connectivity index (χ0n) is 13.1. The first-order valence-corrected chi connectivity index (χ1v) is 8.83. The number of hydrogen-bond donors (Lipinski definition) is 2. The van der Waals surface area contributed by atoms with E-state index in [4.69, 9.17) is 4.42 Å². The molecule has 1 unspecified atom stereocenters. The average Bonchev–Trinajstić information content (AvgIpc) is 3.05. The van der Waals surface area contributed by atoms with Crippen molar-refractivity contribution in [1.82, 2.24) is 10.0 Å². The highest BCUT2D eigenvalue weighted by Crippen LogP contribution is 2.12. The molecule has 1 aromatic heterocycles. The highest BCUT2D eigenvalue weighted by Gasteiger charge is 2.17. The molecule has 1 heterocycles. The minimum Gasteiger partial charge on any atom is -0.467 e. The Morgan fingerprint density at radius 1 is 1.22 bits per heavy atom. The van der Waals surface area contributed by atoms with Crippen molar-refractivity contribution in [3.63, 3.8) is 0 Å². The van der Waals surface area contributed by atoms with Crippen LogP contribution in [0.1, 0.15) is 36.4 Å². The van der Waals surface area contributed by atoms with Crippen LogP contribution in [0.5, 0.6) is 0 Å². The molecule has 0 spiro atoms. The van der Waals surface area contributed by atoms with Crippen LogP contribution in [-0.4, -0.2) is 20.4 Å². The smallest absolute Gasteiger partial charge is 0.251 e. The monoisotopic (exact) mass is 336 g/mol. The molecule has 1 atom stereocenters. The summed E-state index contributed by atoms with van der Waals surface area (Å²) in [5, 5.41) is 2.70. The van der Waals surface area contributed by atoms with Crippen molar-refractivity contribution in [3.05, 3.63) is 54.0 Å². The van der Waals surface area contributed by atoms with Crippen molar-refractivity contribution >= 4 is 15.9 Å². The predicted molar refractivity (Wildman–Crippen MR) is 86.4 cm³/mol. The maximum absolute atomic E-state index is 12.1. The highest BCUT2D eigenvalue weighted by atomic mass is 32.2. The molecule has 23 heavy (non-hydrogen) atoms. The minimum absolute atomic E-state index is 0.139. The van der Waals surface area contributed by atoms with Crippen LogP contribution >= 0.6 is 0 Å². The van der Waals surface area contributed by atoms with Gasteiger partial charge in [0.25, 0.3) is 5.91 Å². The van der Waals surface area contributed by atoms with Crippen molar-refractivity contribution in [2.45, 2.75) is 37.8 Å². The number of benzene rings is 1. The fourth-order valence-corrected chi connectivity index (χ4v) is 3.21. The average molecular weight is 336 g/mol. The van der Waals surface area contributed by atoms with E-state index in [-0.39, 0.29) is 23.4 Å². The lowest BCUT2D eigenvalue weighted by Gasteiger charge is -2.12. The number of carbonyl (C=O) groups excluding carboxylic acids is 1. The molecule has 1 amide bonds. The van der Waals surface area contributed by atoms with Crippen molar-refractivity contribution < 1.29 is 17.6 Å². The lowest BCUT2D eigenvalue weighted by atomic mass is 10.2. The zero-order valence-corrected chi connectivity index (χ0v) is 13.9. The normalized spacial score (nSPS) is 12.8. The van der Waals surface area contributed by atoms with Gasteiger partial charge in [-0.05, 0) is 49.7 Å². The van der Waals surface area contributed by atoms with Crippen LogP contribution in [-0.2, 0) is 16.6 Å². The van der Waals surface area contributed by atoms with Gasteiger partial charge in [-0.3, -0.25) is 4.79 Å². The van der Waals surface area contributed by atoms with Gasteiger partial charge < -0.3 is 9.73 Å². The molecule has 7 heteroatoms. The SMILES string of the molecule is CCC(C)NS(=O)(=O)c1ccc(C(=O)NCc2ccco2)cc1. The zero-order chi connectivity index (χ0) is 16.9. The number of nitrogens with one attached hydrogen (secondary N) is 2. The van der Waals surface area contributed by atoms with Crippen LogP contribution in [0, 0.1) is 0 Å². The molecule has 0 aliphatic rings. The van der Waals surface area contributed by atoms with Gasteiger partial charge in [-0.2, -0.15) is 0 Å². The molecule has 6 nitrogen and oxygen atoms in total. The van der Waals surface area contributed by atoms with Crippen LogP contribution in [0.2, 0.25) is 0 Å². The van der Waals surface area contributed by atoms with Gasteiger partial charge in [0, 0.05) is 11.6 Å². The molecule has 2 rings (SSSR count). The number of sulfonamides is 1. The first-order chi connectivity index (χ1) is 10.9. The molecule has 0 aliphatic heterocycles. The van der Waals surface area contributed by atoms with E-state index in [0.717, 1.165) is 0 Å². The molecular formula is C16H20N2O4S. The van der Waals surface area contributed by atoms with E-state index in [9.17, 15) is 13.2 Å². The van der Waals surface area contributed by atoms with Crippen molar-refractivity contribution in [3.8, 4) is 0 Å². The highest BCUT2D eigenvalue weighted by molar-refractivity contribution is 7.89. The van der Waals surface area contributed by atoms with Crippen LogP contribution in [0.4, 0.5) is 0 Å². The third-order valence-corrected chi connectivity index (χ3v) is 5.00. The van der Waals surface area contributed by atoms with Gasteiger partial charge >= 0.3 is 0 Å². The number of carbonyl (C=O) groups is 1. The Balaban J connectivity index is 2.02. The number of furan rings is 1. The molecule has 0 saturated heterocycles. The Morgan fingerprint density at radius 3 is 2.48 bits per heavy atom. The molecule has 2 aromatic rings. The summed E-state index contributed by atoms with van der Waals surface area (Å²) >= 11 is 0. The number of rotatable bonds is 7. The van der Waals surface area contributed by atoms with Crippen molar-refractivity contribution in [2.75, 3.05) is 0 Å². The van der Waals surface area contributed by atoms with E-state index < -0.39 is 10.0 Å². The van der Waals surface area contributed by atoms with Crippen LogP contribution < -0.4 is 10.0 Å². The predicted octanol–water partition coefficient (Wildman–Crippen LogP) is 2.29. The van der Waals surface area contributed by atoms with Gasteiger partial charge in [-0.15, -0.1) is 0 Å². The third-order valence-electron chi connectivity index (χ3n) is 3.40. The standard InChI is InChI=1S/C16H20N2O4S/c1-3-12(2)18-23(20,21)15-8-6-13(7-9-15)16(19)17-11-14-5-4-10-22-14/h4-10,12,18H,3,11H2,1-2H3,(H,17,19). The van der Waals surface area contributed by atoms with Crippen LogP contribution in [0.15, 0.2) is 52.0 Å². The van der Waals surface area contributed by atoms with Gasteiger partial charge in [-0.25, -0.2) is 13.1 Å². The number of amides is 1. The first-order valence-electron chi connectivity index (χ1n) is 7.35. The topological polar surface area (TPSA) is 88.4 Å². The molecule has 0 bridgehead atoms. The van der Waals surface area contributed by atoms with Crippen molar-refractivity contribution in [2.24, 2.45) is 0 Å². The quantitative estimate of drug-likeness (QED) is 0.812. The fraction of sp³-hybridized carbons (Fsp3) is 0.312. The lowest BCUT2D eigenvalue weighted by molar-refractivity contribution is 0.0948. The van der Waals surface area contributed by atoms with Gasteiger partial charge in [0.05, 0.1) is 17.7 Å². The summed E-state index contributed by atoms with van der Waals surface area (Å²) in [6.07, 6.45) is 2.23. The first kappa shape index (κ1) is 17.2. The van der Waals surface area contributed by atoms with Gasteiger partial charge in [0.15, 0.2) is 0 Å². The lowest BCUT2D eigenvalue weighted by Crippen LogP contribution is -2.32. The Hall–Kier alpha value is -2.12. The Morgan fingerprint density at radius 2 is 1.91 bits per heavy atom. The molecule has 0 saturated carbocycles. The summed E-state index contributed by atoms with van der Waals surface area (Å²) in [7, 11) is -3.56. The van der Waals surface area contributed by atoms with E-state index in [2.05, 4.69) is 10.0 Å². The minimum atomic E-state index is -3.56. The largest absolute Gasteiger partial charge is 0.467 e. The third kappa shape index (κ3) is 4.67. The van der Waals surface area contributed by atoms with E-state index >= 15 is 0 Å². The van der Waals surface area contributed by atoms with Crippen molar-refractivity contribution in [1.29, 1.82) is 0 Å². The summed E-state index contributed by atoms with van der Waals surface area (Å²) in [6, 6.07) is 9.18. The van der Waals surface area contributed by atoms with E-state index in [0.29, 0.717) is 17.7 Å². The number of hydrogen-bond acceptors (Lipinski definition) is 4. The van der Waals surface area contributed by atoms with E-state index in [1.807, 2.05) is 6.92 Å². The molecule has 2 N–H and O–H groups in total. The van der Waals surface area contributed by atoms with Crippen LogP contribution in [0.25, 0.3) is 0 Å². The second-order valence-electron chi connectivity index (χ2n) is 5.22. The Kier molecular flexibility index (Phi) is 5.57. The van der Waals surface area contributed by atoms with Gasteiger partial charge in [-0.1, -0.05) is 6.92 Å². The summed E-state index contributed by atoms with van der Waals surface area (Å²) < 4.78 is 32.0. The molecule has 0 fully saturated rings. The summed E-state index contributed by atoms with van der Waals surface area (Å²) in [5.41, 5.74) is 0.388. The fourth-order valence-electron chi connectivity index (χ4n) is 1.88. The summed E-state index contributed by atoms with van der Waals surface area (Å²) in [4.78, 5) is 12.1. The van der Waals surface area contributed by atoms with E-state index in [1.54, 1.807) is 19.1 Å². The molecular weight excluding hydrogens is 316 g/mol. The summed E-state index contributed by atoms with van der Waals surface area (Å²) in [5.74, 6) is 0.357. The molecule has 0 radical (unpaired) electrons.